The molecule has 43 heavy (non-hydrogen) atoms. The van der Waals surface area contributed by atoms with E-state index in [0.29, 0.717) is 41.0 Å². The molecule has 12 heteroatoms. The first-order chi connectivity index (χ1) is 21.0. The lowest BCUT2D eigenvalue weighted by molar-refractivity contribution is -0.231. The van der Waals surface area contributed by atoms with Crippen LogP contribution in [0.25, 0.3) is 22.6 Å². The predicted octanol–water partition coefficient (Wildman–Crippen LogP) is 4.32. The number of carbonyl (C=O) groups is 1. The van der Waals surface area contributed by atoms with Crippen molar-refractivity contribution >= 4 is 18.2 Å². The zero-order chi connectivity index (χ0) is 29.6. The number of carbonyl (C=O) groups excluding carboxylic acids is 1. The van der Waals surface area contributed by atoms with Crippen molar-refractivity contribution in [1.82, 2.24) is 30.2 Å². The number of aromatic nitrogens is 4. The van der Waals surface area contributed by atoms with E-state index in [4.69, 9.17) is 19.4 Å². The molecule has 3 aliphatic rings. The van der Waals surface area contributed by atoms with E-state index >= 15 is 0 Å². The SMILES string of the molecule is CC1(C(=O)NC2CCCCC2)COC(c2nc(-c3ccc(F)cc3)c(-c3ccnc(NCCCN4C=NCC4)n3)[nH]2)OC1. The Kier molecular flexibility index (Phi) is 8.94. The van der Waals surface area contributed by atoms with E-state index in [9.17, 15) is 9.18 Å². The molecule has 4 heterocycles. The molecule has 1 saturated carbocycles. The lowest BCUT2D eigenvalue weighted by atomic mass is 9.89. The van der Waals surface area contributed by atoms with Gasteiger partial charge in [0.05, 0.1) is 48.6 Å². The Hall–Kier alpha value is -3.90. The molecule has 0 spiro atoms. The molecule has 1 aromatic carbocycles. The zero-order valence-electron chi connectivity index (χ0n) is 24.5. The fraction of sp³-hybridized carbons (Fsp3) is 0.516. The monoisotopic (exact) mass is 590 g/mol. The number of nitrogens with one attached hydrogen (secondary N) is 3. The number of imidazole rings is 1. The smallest absolute Gasteiger partial charge is 0.230 e. The van der Waals surface area contributed by atoms with Gasteiger partial charge in [-0.1, -0.05) is 19.3 Å². The van der Waals surface area contributed by atoms with E-state index in [1.54, 1.807) is 24.4 Å². The van der Waals surface area contributed by atoms with Gasteiger partial charge in [0.15, 0.2) is 5.82 Å². The molecule has 6 rings (SSSR count). The summed E-state index contributed by atoms with van der Waals surface area (Å²) in [5.41, 5.74) is 1.76. The van der Waals surface area contributed by atoms with Crippen molar-refractivity contribution in [1.29, 1.82) is 0 Å². The summed E-state index contributed by atoms with van der Waals surface area (Å²) < 4.78 is 25.9. The molecule has 0 unspecified atom stereocenters. The quantitative estimate of drug-likeness (QED) is 0.298. The summed E-state index contributed by atoms with van der Waals surface area (Å²) >= 11 is 0. The van der Waals surface area contributed by atoms with Crippen LogP contribution < -0.4 is 10.6 Å². The third kappa shape index (κ3) is 7.02. The number of H-pyrrole nitrogens is 1. The molecule has 3 N–H and O–H groups in total. The minimum atomic E-state index is -0.794. The highest BCUT2D eigenvalue weighted by Crippen LogP contribution is 2.36. The van der Waals surface area contributed by atoms with Crippen molar-refractivity contribution in [2.45, 2.75) is 57.8 Å². The van der Waals surface area contributed by atoms with Crippen molar-refractivity contribution in [3.05, 3.63) is 48.2 Å². The Balaban J connectivity index is 1.17. The third-order valence-corrected chi connectivity index (χ3v) is 8.24. The van der Waals surface area contributed by atoms with Crippen molar-refractivity contribution in [2.24, 2.45) is 10.4 Å². The Morgan fingerprint density at radius 1 is 1.12 bits per heavy atom. The van der Waals surface area contributed by atoms with Crippen molar-refractivity contribution in [3.63, 3.8) is 0 Å². The number of amides is 1. The first-order valence-electron chi connectivity index (χ1n) is 15.2. The van der Waals surface area contributed by atoms with Gasteiger partial charge in [-0.15, -0.1) is 0 Å². The van der Waals surface area contributed by atoms with Crippen molar-refractivity contribution in [3.8, 4) is 22.6 Å². The molecule has 1 aliphatic carbocycles. The molecular formula is C31H39FN8O3. The number of anilines is 1. The summed E-state index contributed by atoms with van der Waals surface area (Å²) in [6.07, 6.45) is 9.26. The standard InChI is InChI=1S/C31H39FN8O3/c1-31(29(41)36-23-6-3-2-4-7-23)18-42-28(43-19-31)27-38-25(21-8-10-22(32)11-9-21)26(39-27)24-12-14-35-30(37-24)34-13-5-16-40-17-15-33-20-40/h8-12,14,20,23,28H,2-7,13,15-19H2,1H3,(H,36,41)(H,38,39)(H,34,35,37). The van der Waals surface area contributed by atoms with Gasteiger partial charge >= 0.3 is 0 Å². The van der Waals surface area contributed by atoms with Crippen LogP contribution in [-0.4, -0.2) is 82.5 Å². The maximum atomic E-state index is 13.8. The highest BCUT2D eigenvalue weighted by molar-refractivity contribution is 5.83. The number of aromatic amines is 1. The second-order valence-electron chi connectivity index (χ2n) is 11.8. The van der Waals surface area contributed by atoms with E-state index in [0.717, 1.165) is 51.7 Å². The van der Waals surface area contributed by atoms with Gasteiger partial charge in [0.1, 0.15) is 5.82 Å². The summed E-state index contributed by atoms with van der Waals surface area (Å²) in [7, 11) is 0. The summed E-state index contributed by atoms with van der Waals surface area (Å²) in [6.45, 7) is 5.70. The van der Waals surface area contributed by atoms with Gasteiger partial charge in [0.2, 0.25) is 18.1 Å². The molecule has 228 valence electrons. The average Bonchev–Trinajstić information content (AvgIpc) is 3.72. The first-order valence-corrected chi connectivity index (χ1v) is 15.2. The summed E-state index contributed by atoms with van der Waals surface area (Å²) in [4.78, 5) is 36.8. The van der Waals surface area contributed by atoms with E-state index < -0.39 is 11.7 Å². The van der Waals surface area contributed by atoms with Crippen LogP contribution in [0, 0.1) is 11.2 Å². The van der Waals surface area contributed by atoms with Crippen LogP contribution in [-0.2, 0) is 14.3 Å². The second kappa shape index (κ2) is 13.2. The van der Waals surface area contributed by atoms with Crippen LogP contribution in [0.3, 0.4) is 0 Å². The number of benzene rings is 1. The van der Waals surface area contributed by atoms with Crippen molar-refractivity contribution in [2.75, 3.05) is 44.7 Å². The number of nitrogens with zero attached hydrogens (tertiary/aromatic N) is 5. The van der Waals surface area contributed by atoms with E-state index in [1.807, 2.05) is 13.3 Å². The molecule has 2 aliphatic heterocycles. The second-order valence-corrected chi connectivity index (χ2v) is 11.8. The Labute approximate surface area is 250 Å². The van der Waals surface area contributed by atoms with Crippen LogP contribution in [0.4, 0.5) is 10.3 Å². The van der Waals surface area contributed by atoms with E-state index in [1.165, 1.54) is 18.6 Å². The number of aliphatic imine (C=N–C) groups is 1. The average molecular weight is 591 g/mol. The molecule has 0 radical (unpaired) electrons. The van der Waals surface area contributed by atoms with Gasteiger partial charge < -0.3 is 30.0 Å². The molecule has 2 fully saturated rings. The summed E-state index contributed by atoms with van der Waals surface area (Å²) in [6, 6.07) is 8.16. The fourth-order valence-corrected chi connectivity index (χ4v) is 5.66. The largest absolute Gasteiger partial charge is 0.361 e. The maximum absolute atomic E-state index is 13.8. The maximum Gasteiger partial charge on any atom is 0.230 e. The van der Waals surface area contributed by atoms with Gasteiger partial charge in [0, 0.05) is 37.4 Å². The van der Waals surface area contributed by atoms with Gasteiger partial charge in [-0.2, -0.15) is 0 Å². The van der Waals surface area contributed by atoms with Gasteiger partial charge in [-0.3, -0.25) is 9.79 Å². The third-order valence-electron chi connectivity index (χ3n) is 8.24. The van der Waals surface area contributed by atoms with Gasteiger partial charge in [0.25, 0.3) is 0 Å². The minimum Gasteiger partial charge on any atom is -0.361 e. The van der Waals surface area contributed by atoms with Crippen LogP contribution in [0.5, 0.6) is 0 Å². The van der Waals surface area contributed by atoms with Crippen molar-refractivity contribution < 1.29 is 18.7 Å². The molecule has 0 bridgehead atoms. The normalized spacial score (nSPS) is 22.6. The number of rotatable bonds is 10. The number of halogens is 1. The summed E-state index contributed by atoms with van der Waals surface area (Å²) in [5, 5.41) is 6.50. The topological polar surface area (TPSA) is 130 Å². The highest BCUT2D eigenvalue weighted by Gasteiger charge is 2.41. The van der Waals surface area contributed by atoms with Crippen LogP contribution >= 0.6 is 0 Å². The number of hydrogen-bond donors (Lipinski definition) is 3. The Bertz CT molecular complexity index is 1410. The first kappa shape index (κ1) is 29.2. The lowest BCUT2D eigenvalue weighted by Gasteiger charge is -2.37. The predicted molar refractivity (Wildman–Crippen MR) is 161 cm³/mol. The molecule has 1 amide bonds. The molecule has 2 aromatic heterocycles. The van der Waals surface area contributed by atoms with Gasteiger partial charge in [-0.05, 0) is 56.5 Å². The lowest BCUT2D eigenvalue weighted by Crippen LogP contribution is -2.51. The van der Waals surface area contributed by atoms with Gasteiger partial charge in [-0.25, -0.2) is 19.3 Å². The van der Waals surface area contributed by atoms with Crippen LogP contribution in [0.1, 0.15) is 57.6 Å². The fourth-order valence-electron chi connectivity index (χ4n) is 5.66. The van der Waals surface area contributed by atoms with E-state index in [2.05, 4.69) is 30.5 Å². The van der Waals surface area contributed by atoms with Crippen LogP contribution in [0.2, 0.25) is 0 Å². The summed E-state index contributed by atoms with van der Waals surface area (Å²) in [5.74, 6) is 0.572. The molecule has 1 saturated heterocycles. The minimum absolute atomic E-state index is 0.0421. The number of hydrogen-bond acceptors (Lipinski definition) is 9. The highest BCUT2D eigenvalue weighted by atomic mass is 19.1. The van der Waals surface area contributed by atoms with Crippen LogP contribution in [0.15, 0.2) is 41.5 Å². The Morgan fingerprint density at radius 3 is 2.65 bits per heavy atom. The molecule has 11 nitrogen and oxygen atoms in total. The van der Waals surface area contributed by atoms with E-state index in [-0.39, 0.29) is 31.0 Å². The Morgan fingerprint density at radius 2 is 1.91 bits per heavy atom. The molecule has 0 atom stereocenters. The molecule has 3 aromatic rings. The zero-order valence-corrected chi connectivity index (χ0v) is 24.5. The molecular weight excluding hydrogens is 551 g/mol. The number of ether oxygens (including phenoxy) is 2.